The van der Waals surface area contributed by atoms with E-state index in [1.54, 1.807) is 0 Å². The zero-order valence-electron chi connectivity index (χ0n) is 15.2. The molecular formula is C21H32N2O. The minimum atomic E-state index is 0.323. The van der Waals surface area contributed by atoms with Gasteiger partial charge >= 0.3 is 0 Å². The molecule has 1 N–H and O–H groups in total. The summed E-state index contributed by atoms with van der Waals surface area (Å²) in [6.45, 7) is 5.15. The summed E-state index contributed by atoms with van der Waals surface area (Å²) in [7, 11) is 0. The highest BCUT2D eigenvalue weighted by molar-refractivity contribution is 5.76. The van der Waals surface area contributed by atoms with E-state index in [9.17, 15) is 4.79 Å². The van der Waals surface area contributed by atoms with E-state index in [-0.39, 0.29) is 0 Å². The first-order valence-electron chi connectivity index (χ1n) is 9.79. The number of likely N-dealkylation sites (N-methyl/N-ethyl adjacent to an activating group) is 1. The molecule has 2 aliphatic rings. The Bertz CT molecular complexity index is 518. The predicted octanol–water partition coefficient (Wildman–Crippen LogP) is 3.78. The van der Waals surface area contributed by atoms with Gasteiger partial charge in [-0.3, -0.25) is 4.79 Å². The molecule has 3 unspecified atom stereocenters. The van der Waals surface area contributed by atoms with Crippen LogP contribution < -0.4 is 5.32 Å². The monoisotopic (exact) mass is 328 g/mol. The number of piperidine rings is 1. The van der Waals surface area contributed by atoms with E-state index in [0.29, 0.717) is 30.0 Å². The second kappa shape index (κ2) is 8.15. The molecule has 132 valence electrons. The van der Waals surface area contributed by atoms with Gasteiger partial charge in [-0.1, -0.05) is 37.3 Å². The summed E-state index contributed by atoms with van der Waals surface area (Å²) in [4.78, 5) is 15.1. The van der Waals surface area contributed by atoms with Gasteiger partial charge in [0.2, 0.25) is 5.91 Å². The minimum Gasteiger partial charge on any atom is -0.340 e. The summed E-state index contributed by atoms with van der Waals surface area (Å²) in [6.07, 6.45) is 7.72. The molecule has 3 nitrogen and oxygen atoms in total. The van der Waals surface area contributed by atoms with Crippen molar-refractivity contribution in [1.82, 2.24) is 10.2 Å². The first-order valence-corrected chi connectivity index (χ1v) is 9.79. The first kappa shape index (κ1) is 17.5. The quantitative estimate of drug-likeness (QED) is 0.826. The summed E-state index contributed by atoms with van der Waals surface area (Å²) < 4.78 is 0. The lowest BCUT2D eigenvalue weighted by atomic mass is 9.89. The van der Waals surface area contributed by atoms with Crippen LogP contribution in [0, 0.1) is 5.92 Å². The van der Waals surface area contributed by atoms with E-state index in [4.69, 9.17) is 0 Å². The van der Waals surface area contributed by atoms with Gasteiger partial charge in [0.25, 0.3) is 0 Å². The van der Waals surface area contributed by atoms with Crippen molar-refractivity contribution in [3.63, 3.8) is 0 Å². The molecule has 3 atom stereocenters. The van der Waals surface area contributed by atoms with Gasteiger partial charge in [0.15, 0.2) is 0 Å². The SMILES string of the molecule is CCC(Cc1ccccc1)N(CC)C(=O)CC1CC2CCC(C1)N2. The molecule has 1 aromatic rings. The molecule has 0 spiro atoms. The number of amides is 1. The number of fused-ring (bicyclic) bond motifs is 2. The Balaban J connectivity index is 1.59. The van der Waals surface area contributed by atoms with E-state index in [1.165, 1.54) is 31.2 Å². The fourth-order valence-electron chi connectivity index (χ4n) is 4.71. The molecule has 1 amide bonds. The molecule has 1 aromatic carbocycles. The summed E-state index contributed by atoms with van der Waals surface area (Å²) >= 11 is 0. The highest BCUT2D eigenvalue weighted by Crippen LogP contribution is 2.33. The Morgan fingerprint density at radius 1 is 1.17 bits per heavy atom. The molecule has 0 saturated carbocycles. The van der Waals surface area contributed by atoms with Crippen LogP contribution in [0.1, 0.15) is 57.9 Å². The van der Waals surface area contributed by atoms with Gasteiger partial charge in [0.05, 0.1) is 0 Å². The summed E-state index contributed by atoms with van der Waals surface area (Å²) in [5.41, 5.74) is 1.33. The minimum absolute atomic E-state index is 0.323. The number of rotatable bonds is 7. The van der Waals surface area contributed by atoms with Crippen LogP contribution in [0.2, 0.25) is 0 Å². The molecule has 3 heteroatoms. The van der Waals surface area contributed by atoms with Gasteiger partial charge in [-0.05, 0) is 56.9 Å². The molecule has 24 heavy (non-hydrogen) atoms. The molecule has 2 fully saturated rings. The van der Waals surface area contributed by atoms with Crippen LogP contribution in [0.5, 0.6) is 0 Å². The number of hydrogen-bond acceptors (Lipinski definition) is 2. The zero-order chi connectivity index (χ0) is 16.9. The normalized spacial score (nSPS) is 27.0. The van der Waals surface area contributed by atoms with Crippen molar-refractivity contribution >= 4 is 5.91 Å². The van der Waals surface area contributed by atoms with Gasteiger partial charge in [-0.15, -0.1) is 0 Å². The molecule has 2 heterocycles. The number of nitrogens with zero attached hydrogens (tertiary/aromatic N) is 1. The van der Waals surface area contributed by atoms with Crippen molar-refractivity contribution in [3.8, 4) is 0 Å². The van der Waals surface area contributed by atoms with Crippen LogP contribution in [0.25, 0.3) is 0 Å². The molecule has 0 aliphatic carbocycles. The Kier molecular flexibility index (Phi) is 5.94. The topological polar surface area (TPSA) is 32.3 Å². The van der Waals surface area contributed by atoms with E-state index < -0.39 is 0 Å². The summed E-state index contributed by atoms with van der Waals surface area (Å²) in [6, 6.07) is 12.2. The van der Waals surface area contributed by atoms with Gasteiger partial charge in [-0.2, -0.15) is 0 Å². The number of benzene rings is 1. The highest BCUT2D eigenvalue weighted by atomic mass is 16.2. The van der Waals surface area contributed by atoms with Gasteiger partial charge in [0, 0.05) is 31.1 Å². The van der Waals surface area contributed by atoms with Crippen LogP contribution in [-0.4, -0.2) is 35.5 Å². The highest BCUT2D eigenvalue weighted by Gasteiger charge is 2.35. The summed E-state index contributed by atoms with van der Waals surface area (Å²) in [5, 5.41) is 3.68. The fourth-order valence-corrected chi connectivity index (χ4v) is 4.71. The van der Waals surface area contributed by atoms with Gasteiger partial charge in [0.1, 0.15) is 0 Å². The molecule has 0 aromatic heterocycles. The number of hydrogen-bond donors (Lipinski definition) is 1. The maximum Gasteiger partial charge on any atom is 0.223 e. The van der Waals surface area contributed by atoms with Crippen LogP contribution in [0.3, 0.4) is 0 Å². The number of nitrogens with one attached hydrogen (secondary N) is 1. The lowest BCUT2D eigenvalue weighted by Gasteiger charge is -2.34. The smallest absolute Gasteiger partial charge is 0.223 e. The molecule has 0 radical (unpaired) electrons. The lowest BCUT2D eigenvalue weighted by molar-refractivity contribution is -0.134. The molecule has 2 aliphatic heterocycles. The third-order valence-electron chi connectivity index (χ3n) is 5.92. The zero-order valence-corrected chi connectivity index (χ0v) is 15.2. The van der Waals surface area contributed by atoms with Crippen LogP contribution in [0.15, 0.2) is 30.3 Å². The van der Waals surface area contributed by atoms with E-state index in [1.807, 2.05) is 0 Å². The molecule has 3 rings (SSSR count). The maximum atomic E-state index is 13.0. The molecule has 2 bridgehead atoms. The average molecular weight is 329 g/mol. The van der Waals surface area contributed by atoms with Crippen LogP contribution in [-0.2, 0) is 11.2 Å². The van der Waals surface area contributed by atoms with Crippen molar-refractivity contribution in [2.45, 2.75) is 76.9 Å². The summed E-state index contributed by atoms with van der Waals surface area (Å²) in [5.74, 6) is 0.950. The van der Waals surface area contributed by atoms with Crippen molar-refractivity contribution < 1.29 is 4.79 Å². The third kappa shape index (κ3) is 4.18. The van der Waals surface area contributed by atoms with E-state index in [0.717, 1.165) is 25.8 Å². The third-order valence-corrected chi connectivity index (χ3v) is 5.92. The second-order valence-electron chi connectivity index (χ2n) is 7.61. The average Bonchev–Trinajstić information content (AvgIpc) is 2.94. The standard InChI is InChI=1S/C21H32N2O/c1-3-20(14-16-8-6-5-7-9-16)23(4-2)21(24)15-17-12-18-10-11-19(13-17)22-18/h5-9,17-20,22H,3-4,10-15H2,1-2H3. The fraction of sp³-hybridized carbons (Fsp3) is 0.667. The Morgan fingerprint density at radius 3 is 2.42 bits per heavy atom. The Morgan fingerprint density at radius 2 is 1.83 bits per heavy atom. The van der Waals surface area contributed by atoms with E-state index >= 15 is 0 Å². The first-order chi connectivity index (χ1) is 11.7. The van der Waals surface area contributed by atoms with Crippen molar-refractivity contribution in [1.29, 1.82) is 0 Å². The van der Waals surface area contributed by atoms with Crippen molar-refractivity contribution in [2.75, 3.05) is 6.54 Å². The molecular weight excluding hydrogens is 296 g/mol. The van der Waals surface area contributed by atoms with E-state index in [2.05, 4.69) is 54.4 Å². The predicted molar refractivity (Wildman–Crippen MR) is 98.9 cm³/mol. The number of carbonyl (C=O) groups excluding carboxylic acids is 1. The van der Waals surface area contributed by atoms with Crippen LogP contribution in [0.4, 0.5) is 0 Å². The van der Waals surface area contributed by atoms with Gasteiger partial charge in [-0.25, -0.2) is 0 Å². The van der Waals surface area contributed by atoms with Gasteiger partial charge < -0.3 is 10.2 Å². The molecule has 2 saturated heterocycles. The Labute approximate surface area is 146 Å². The van der Waals surface area contributed by atoms with Crippen molar-refractivity contribution in [2.24, 2.45) is 5.92 Å². The van der Waals surface area contributed by atoms with Crippen molar-refractivity contribution in [3.05, 3.63) is 35.9 Å². The largest absolute Gasteiger partial charge is 0.340 e. The Hall–Kier alpha value is -1.35. The maximum absolute atomic E-state index is 13.0. The second-order valence-corrected chi connectivity index (χ2v) is 7.61. The van der Waals surface area contributed by atoms with Crippen LogP contribution >= 0.6 is 0 Å². The lowest BCUT2D eigenvalue weighted by Crippen LogP contribution is -2.44. The number of carbonyl (C=O) groups is 1.